The summed E-state index contributed by atoms with van der Waals surface area (Å²) in [4.78, 5) is 12.3. The van der Waals surface area contributed by atoms with Gasteiger partial charge in [-0.1, -0.05) is 27.2 Å². The summed E-state index contributed by atoms with van der Waals surface area (Å²) in [5.41, 5.74) is 0.572. The molecule has 0 amide bonds. The lowest BCUT2D eigenvalue weighted by Crippen LogP contribution is -2.59. The molecule has 0 aromatic rings. The summed E-state index contributed by atoms with van der Waals surface area (Å²) < 4.78 is 0. The van der Waals surface area contributed by atoms with Crippen LogP contribution in [-0.4, -0.2) is 5.78 Å². The Morgan fingerprint density at radius 1 is 1.25 bits per heavy atom. The van der Waals surface area contributed by atoms with Gasteiger partial charge in [-0.25, -0.2) is 0 Å². The minimum Gasteiger partial charge on any atom is -0.299 e. The van der Waals surface area contributed by atoms with E-state index in [9.17, 15) is 4.79 Å². The van der Waals surface area contributed by atoms with Crippen molar-refractivity contribution in [3.63, 3.8) is 0 Å². The predicted molar refractivity (Wildman–Crippen MR) is 65.1 cm³/mol. The maximum absolute atomic E-state index is 12.3. The fourth-order valence-corrected chi connectivity index (χ4v) is 5.13. The lowest BCUT2D eigenvalue weighted by molar-refractivity contribution is -0.165. The Labute approximate surface area is 99.0 Å². The average Bonchev–Trinajstić information content (AvgIpc) is 2.43. The van der Waals surface area contributed by atoms with Crippen LogP contribution in [0.5, 0.6) is 0 Å². The highest BCUT2D eigenvalue weighted by Gasteiger charge is 2.65. The maximum atomic E-state index is 12.3. The van der Waals surface area contributed by atoms with E-state index in [4.69, 9.17) is 0 Å². The molecule has 0 N–H and O–H groups in total. The molecule has 0 bridgehead atoms. The Bertz CT molecular complexity index is 325. The van der Waals surface area contributed by atoms with E-state index in [0.29, 0.717) is 11.2 Å². The summed E-state index contributed by atoms with van der Waals surface area (Å²) in [5.74, 6) is 2.93. The Morgan fingerprint density at radius 3 is 2.62 bits per heavy atom. The summed E-state index contributed by atoms with van der Waals surface area (Å²) in [6.07, 6.45) is 7.24. The van der Waals surface area contributed by atoms with E-state index in [1.807, 2.05) is 0 Å². The SMILES string of the molecule is CC(C)(C)[C@@H]1CCC(=O)[C@@]23CCC[C@@H]2C[C@@H]13. The van der Waals surface area contributed by atoms with Crippen molar-refractivity contribution in [1.29, 1.82) is 0 Å². The zero-order valence-corrected chi connectivity index (χ0v) is 10.9. The van der Waals surface area contributed by atoms with Gasteiger partial charge in [0.2, 0.25) is 0 Å². The van der Waals surface area contributed by atoms with E-state index in [1.165, 1.54) is 25.7 Å². The quantitative estimate of drug-likeness (QED) is 0.606. The Balaban J connectivity index is 1.92. The second kappa shape index (κ2) is 3.11. The van der Waals surface area contributed by atoms with Crippen LogP contribution < -0.4 is 0 Å². The number of carbonyl (C=O) groups excluding carboxylic acids is 1. The van der Waals surface area contributed by atoms with Crippen molar-refractivity contribution < 1.29 is 4.79 Å². The molecule has 1 spiro atoms. The topological polar surface area (TPSA) is 17.1 Å². The highest BCUT2D eigenvalue weighted by Crippen LogP contribution is 2.68. The summed E-state index contributed by atoms with van der Waals surface area (Å²) in [7, 11) is 0. The fraction of sp³-hybridized carbons (Fsp3) is 0.933. The monoisotopic (exact) mass is 220 g/mol. The van der Waals surface area contributed by atoms with Crippen LogP contribution in [0, 0.1) is 28.6 Å². The summed E-state index contributed by atoms with van der Waals surface area (Å²) >= 11 is 0. The van der Waals surface area contributed by atoms with Crippen LogP contribution in [0.1, 0.15) is 59.3 Å². The summed E-state index contributed by atoms with van der Waals surface area (Å²) in [5, 5.41) is 0. The van der Waals surface area contributed by atoms with Crippen molar-refractivity contribution in [2.45, 2.75) is 59.3 Å². The molecule has 3 aliphatic rings. The molecule has 3 rings (SSSR count). The number of ketones is 1. The molecule has 0 saturated heterocycles. The third-order valence-electron chi connectivity index (χ3n) is 5.87. The second-order valence-electron chi connectivity index (χ2n) is 7.41. The lowest BCUT2D eigenvalue weighted by Gasteiger charge is -2.60. The number of rotatable bonds is 0. The maximum Gasteiger partial charge on any atom is 0.139 e. The zero-order valence-electron chi connectivity index (χ0n) is 10.9. The molecule has 0 aromatic carbocycles. The molecule has 1 heteroatoms. The van der Waals surface area contributed by atoms with Gasteiger partial charge in [-0.15, -0.1) is 0 Å². The smallest absolute Gasteiger partial charge is 0.139 e. The summed E-state index contributed by atoms with van der Waals surface area (Å²) in [6.45, 7) is 7.09. The van der Waals surface area contributed by atoms with Gasteiger partial charge in [-0.05, 0) is 48.9 Å². The van der Waals surface area contributed by atoms with E-state index >= 15 is 0 Å². The van der Waals surface area contributed by atoms with Crippen LogP contribution in [0.25, 0.3) is 0 Å². The standard InChI is InChI=1S/C15H24O/c1-14(2,3)11-6-7-13(16)15-8-4-5-10(15)9-12(11)15/h10-12H,4-9H2,1-3H3/t10-,11-,12+,15+/m1/s1. The first-order chi connectivity index (χ1) is 7.46. The van der Waals surface area contributed by atoms with Gasteiger partial charge < -0.3 is 0 Å². The van der Waals surface area contributed by atoms with E-state index in [2.05, 4.69) is 20.8 Å². The molecule has 3 fully saturated rings. The van der Waals surface area contributed by atoms with Crippen LogP contribution >= 0.6 is 0 Å². The van der Waals surface area contributed by atoms with Crippen LogP contribution in [0.2, 0.25) is 0 Å². The highest BCUT2D eigenvalue weighted by atomic mass is 16.1. The first kappa shape index (κ1) is 10.8. The van der Waals surface area contributed by atoms with Gasteiger partial charge in [-0.2, -0.15) is 0 Å². The average molecular weight is 220 g/mol. The minimum absolute atomic E-state index is 0.177. The van der Waals surface area contributed by atoms with E-state index in [1.54, 1.807) is 0 Å². The Hall–Kier alpha value is -0.330. The minimum atomic E-state index is 0.177. The van der Waals surface area contributed by atoms with E-state index in [0.717, 1.165) is 30.6 Å². The van der Waals surface area contributed by atoms with Crippen LogP contribution in [0.3, 0.4) is 0 Å². The van der Waals surface area contributed by atoms with Crippen LogP contribution in [0.15, 0.2) is 0 Å². The molecular weight excluding hydrogens is 196 g/mol. The zero-order chi connectivity index (χ0) is 11.6. The molecule has 3 saturated carbocycles. The van der Waals surface area contributed by atoms with Gasteiger partial charge in [0.15, 0.2) is 0 Å². The predicted octanol–water partition coefficient (Wildman–Crippen LogP) is 3.82. The molecule has 16 heavy (non-hydrogen) atoms. The van der Waals surface area contributed by atoms with Crippen molar-refractivity contribution in [3.8, 4) is 0 Å². The van der Waals surface area contributed by atoms with Crippen molar-refractivity contribution >= 4 is 5.78 Å². The number of hydrogen-bond acceptors (Lipinski definition) is 1. The van der Waals surface area contributed by atoms with Gasteiger partial charge >= 0.3 is 0 Å². The first-order valence-corrected chi connectivity index (χ1v) is 6.99. The van der Waals surface area contributed by atoms with Crippen LogP contribution in [0.4, 0.5) is 0 Å². The Kier molecular flexibility index (Phi) is 2.10. The molecule has 0 radical (unpaired) electrons. The van der Waals surface area contributed by atoms with Crippen molar-refractivity contribution in [3.05, 3.63) is 0 Å². The fourth-order valence-electron chi connectivity index (χ4n) is 5.13. The molecule has 90 valence electrons. The van der Waals surface area contributed by atoms with Crippen molar-refractivity contribution in [2.24, 2.45) is 28.6 Å². The Morgan fingerprint density at radius 2 is 2.00 bits per heavy atom. The number of Topliss-reactive ketones (excluding diaryl/α,β-unsaturated/α-hetero) is 1. The molecule has 0 unspecified atom stereocenters. The van der Waals surface area contributed by atoms with Gasteiger partial charge in [0, 0.05) is 11.8 Å². The molecule has 1 nitrogen and oxygen atoms in total. The molecule has 3 aliphatic carbocycles. The number of carbonyl (C=O) groups is 1. The molecule has 4 atom stereocenters. The first-order valence-electron chi connectivity index (χ1n) is 6.99. The normalized spacial score (nSPS) is 47.2. The van der Waals surface area contributed by atoms with Crippen LogP contribution in [-0.2, 0) is 4.79 Å². The van der Waals surface area contributed by atoms with E-state index < -0.39 is 0 Å². The van der Waals surface area contributed by atoms with Gasteiger partial charge in [0.25, 0.3) is 0 Å². The molecule has 0 aromatic heterocycles. The van der Waals surface area contributed by atoms with Crippen molar-refractivity contribution in [1.82, 2.24) is 0 Å². The third kappa shape index (κ3) is 1.15. The number of hydrogen-bond donors (Lipinski definition) is 0. The third-order valence-corrected chi connectivity index (χ3v) is 5.87. The highest BCUT2D eigenvalue weighted by molar-refractivity contribution is 5.88. The summed E-state index contributed by atoms with van der Waals surface area (Å²) in [6, 6.07) is 0. The largest absolute Gasteiger partial charge is 0.299 e. The molecule has 0 heterocycles. The molecular formula is C15H24O. The lowest BCUT2D eigenvalue weighted by atomic mass is 9.43. The van der Waals surface area contributed by atoms with Gasteiger partial charge in [-0.3, -0.25) is 4.79 Å². The van der Waals surface area contributed by atoms with E-state index in [-0.39, 0.29) is 5.41 Å². The van der Waals surface area contributed by atoms with Crippen molar-refractivity contribution in [2.75, 3.05) is 0 Å². The van der Waals surface area contributed by atoms with Gasteiger partial charge in [0.1, 0.15) is 5.78 Å². The molecule has 0 aliphatic heterocycles. The van der Waals surface area contributed by atoms with Gasteiger partial charge in [0.05, 0.1) is 0 Å². The second-order valence-corrected chi connectivity index (χ2v) is 7.41.